The molecule has 126 valence electrons. The molecule has 3 amide bonds. The van der Waals surface area contributed by atoms with Gasteiger partial charge in [0, 0.05) is 0 Å². The molecule has 0 radical (unpaired) electrons. The van der Waals surface area contributed by atoms with Crippen LogP contribution in [-0.2, 0) is 9.59 Å². The average Bonchev–Trinajstić information content (AvgIpc) is 2.85. The van der Waals surface area contributed by atoms with E-state index in [1.807, 2.05) is 0 Å². The fourth-order valence-corrected chi connectivity index (χ4v) is 2.67. The molecule has 3 rings (SSSR count). The van der Waals surface area contributed by atoms with Crippen molar-refractivity contribution >= 4 is 23.7 Å². The topological polar surface area (TPSA) is 104 Å². The van der Waals surface area contributed by atoms with E-state index in [2.05, 4.69) is 5.32 Å². The molecule has 2 aromatic carbocycles. The van der Waals surface area contributed by atoms with E-state index in [1.54, 1.807) is 42.5 Å². The van der Waals surface area contributed by atoms with Crippen molar-refractivity contribution in [1.29, 1.82) is 0 Å². The number of hydrogen-bond donors (Lipinski definition) is 2. The van der Waals surface area contributed by atoms with Crippen LogP contribution in [0.5, 0.6) is 0 Å². The van der Waals surface area contributed by atoms with Gasteiger partial charge in [-0.1, -0.05) is 42.5 Å². The molecule has 0 saturated carbocycles. The summed E-state index contributed by atoms with van der Waals surface area (Å²) in [5.74, 6) is -3.10. The highest BCUT2D eigenvalue weighted by Gasteiger charge is 2.36. The molecule has 0 aromatic heterocycles. The second-order valence-corrected chi connectivity index (χ2v) is 5.49. The Morgan fingerprint density at radius 3 is 1.96 bits per heavy atom. The van der Waals surface area contributed by atoms with Gasteiger partial charge in [-0.2, -0.15) is 0 Å². The van der Waals surface area contributed by atoms with Gasteiger partial charge in [-0.25, -0.2) is 4.79 Å². The van der Waals surface area contributed by atoms with E-state index >= 15 is 0 Å². The lowest BCUT2D eigenvalue weighted by molar-refractivity contribution is -0.142. The number of carboxylic acids is 1. The summed E-state index contributed by atoms with van der Waals surface area (Å²) in [6.07, 6.45) is 0. The zero-order valence-electron chi connectivity index (χ0n) is 13.0. The number of benzene rings is 2. The van der Waals surface area contributed by atoms with Crippen LogP contribution in [0.1, 0.15) is 32.3 Å². The van der Waals surface area contributed by atoms with Gasteiger partial charge >= 0.3 is 5.97 Å². The summed E-state index contributed by atoms with van der Waals surface area (Å²) in [5, 5.41) is 11.7. The smallest absolute Gasteiger partial charge is 0.330 e. The maximum absolute atomic E-state index is 12.2. The van der Waals surface area contributed by atoms with Crippen molar-refractivity contribution in [3.8, 4) is 0 Å². The summed E-state index contributed by atoms with van der Waals surface area (Å²) >= 11 is 0. The Hall–Kier alpha value is -3.48. The summed E-state index contributed by atoms with van der Waals surface area (Å²) in [4.78, 5) is 48.9. The van der Waals surface area contributed by atoms with E-state index in [0.29, 0.717) is 5.56 Å². The van der Waals surface area contributed by atoms with Crippen molar-refractivity contribution in [2.75, 3.05) is 6.54 Å². The molecule has 0 spiro atoms. The van der Waals surface area contributed by atoms with Crippen LogP contribution in [0.3, 0.4) is 0 Å². The number of aliphatic carboxylic acids is 1. The molecule has 0 saturated heterocycles. The number of carbonyl (C=O) groups excluding carboxylic acids is 3. The van der Waals surface area contributed by atoms with Crippen LogP contribution in [0.4, 0.5) is 0 Å². The third-order valence-electron chi connectivity index (χ3n) is 3.87. The highest BCUT2D eigenvalue weighted by molar-refractivity contribution is 6.22. The maximum atomic E-state index is 12.2. The van der Waals surface area contributed by atoms with E-state index in [0.717, 1.165) is 4.90 Å². The Balaban J connectivity index is 1.74. The van der Waals surface area contributed by atoms with E-state index in [4.69, 9.17) is 0 Å². The van der Waals surface area contributed by atoms with Crippen LogP contribution in [0.2, 0.25) is 0 Å². The largest absolute Gasteiger partial charge is 0.479 e. The SMILES string of the molecule is O=C(CN1C(=O)c2ccccc2C1=O)NC(C(=O)O)c1ccccc1. The molecule has 1 atom stereocenters. The van der Waals surface area contributed by atoms with Gasteiger partial charge in [-0.05, 0) is 17.7 Å². The van der Waals surface area contributed by atoms with Gasteiger partial charge in [-0.15, -0.1) is 0 Å². The predicted octanol–water partition coefficient (Wildman–Crippen LogP) is 1.22. The first-order chi connectivity index (χ1) is 12.0. The standard InChI is InChI=1S/C18H14N2O5/c21-14(19-15(18(24)25)11-6-2-1-3-7-11)10-20-16(22)12-8-4-5-9-13(12)17(20)23/h1-9,15H,10H2,(H,19,21)(H,24,25). The molecule has 0 bridgehead atoms. The molecule has 25 heavy (non-hydrogen) atoms. The van der Waals surface area contributed by atoms with Crippen molar-refractivity contribution in [2.24, 2.45) is 0 Å². The molecule has 7 nitrogen and oxygen atoms in total. The number of imide groups is 1. The van der Waals surface area contributed by atoms with Gasteiger partial charge in [0.05, 0.1) is 11.1 Å². The normalized spacial score (nSPS) is 14.2. The lowest BCUT2D eigenvalue weighted by atomic mass is 10.1. The van der Waals surface area contributed by atoms with Crippen molar-refractivity contribution in [3.63, 3.8) is 0 Å². The number of fused-ring (bicyclic) bond motifs is 1. The molecule has 2 N–H and O–H groups in total. The van der Waals surface area contributed by atoms with Crippen LogP contribution in [0.25, 0.3) is 0 Å². The van der Waals surface area contributed by atoms with Crippen molar-refractivity contribution in [3.05, 3.63) is 71.3 Å². The first-order valence-electron chi connectivity index (χ1n) is 7.51. The number of amides is 3. The Morgan fingerprint density at radius 1 is 0.920 bits per heavy atom. The molecule has 1 aliphatic rings. The molecule has 1 aliphatic heterocycles. The molecule has 1 heterocycles. The van der Waals surface area contributed by atoms with Gasteiger partial charge in [0.2, 0.25) is 5.91 Å². The van der Waals surface area contributed by atoms with Crippen LogP contribution >= 0.6 is 0 Å². The summed E-state index contributed by atoms with van der Waals surface area (Å²) in [5.41, 5.74) is 0.863. The average molecular weight is 338 g/mol. The van der Waals surface area contributed by atoms with E-state index < -0.39 is 36.3 Å². The first kappa shape index (κ1) is 16.4. The number of nitrogens with one attached hydrogen (secondary N) is 1. The number of carboxylic acid groups (broad SMARTS) is 1. The Bertz CT molecular complexity index is 828. The second-order valence-electron chi connectivity index (χ2n) is 5.49. The van der Waals surface area contributed by atoms with Crippen molar-refractivity contribution in [1.82, 2.24) is 10.2 Å². The number of hydrogen-bond acceptors (Lipinski definition) is 4. The number of rotatable bonds is 5. The highest BCUT2D eigenvalue weighted by Crippen LogP contribution is 2.22. The lowest BCUT2D eigenvalue weighted by Crippen LogP contribution is -2.43. The van der Waals surface area contributed by atoms with Gasteiger partial charge < -0.3 is 10.4 Å². The van der Waals surface area contributed by atoms with Crippen LogP contribution in [0.15, 0.2) is 54.6 Å². The minimum atomic E-state index is -1.26. The van der Waals surface area contributed by atoms with Crippen LogP contribution < -0.4 is 5.32 Å². The quantitative estimate of drug-likeness (QED) is 0.798. The third kappa shape index (κ3) is 3.12. The number of carbonyl (C=O) groups is 4. The summed E-state index contributed by atoms with van der Waals surface area (Å²) in [6.45, 7) is -0.539. The predicted molar refractivity (Wildman–Crippen MR) is 86.8 cm³/mol. The Morgan fingerprint density at radius 2 is 1.44 bits per heavy atom. The second kappa shape index (κ2) is 6.56. The lowest BCUT2D eigenvalue weighted by Gasteiger charge is -2.18. The van der Waals surface area contributed by atoms with E-state index in [-0.39, 0.29) is 11.1 Å². The van der Waals surface area contributed by atoms with E-state index in [9.17, 15) is 24.3 Å². The minimum absolute atomic E-state index is 0.234. The van der Waals surface area contributed by atoms with Crippen LogP contribution in [-0.4, -0.2) is 40.2 Å². The molecule has 2 aromatic rings. The van der Waals surface area contributed by atoms with E-state index in [1.165, 1.54) is 12.1 Å². The van der Waals surface area contributed by atoms with Gasteiger partial charge in [0.25, 0.3) is 11.8 Å². The summed E-state index contributed by atoms with van der Waals surface area (Å²) < 4.78 is 0. The molecule has 0 fully saturated rings. The fraction of sp³-hybridized carbons (Fsp3) is 0.111. The monoisotopic (exact) mass is 338 g/mol. The van der Waals surface area contributed by atoms with Gasteiger partial charge in [0.15, 0.2) is 6.04 Å². The van der Waals surface area contributed by atoms with Crippen molar-refractivity contribution in [2.45, 2.75) is 6.04 Å². The number of nitrogens with zero attached hydrogens (tertiary/aromatic N) is 1. The van der Waals surface area contributed by atoms with Crippen molar-refractivity contribution < 1.29 is 24.3 Å². The molecular formula is C18H14N2O5. The van der Waals surface area contributed by atoms with Crippen LogP contribution in [0, 0.1) is 0 Å². The Labute approximate surface area is 142 Å². The Kier molecular flexibility index (Phi) is 4.30. The molecule has 0 aliphatic carbocycles. The highest BCUT2D eigenvalue weighted by atomic mass is 16.4. The summed E-state index contributed by atoms with van der Waals surface area (Å²) in [6, 6.07) is 13.2. The first-order valence-corrected chi connectivity index (χ1v) is 7.51. The molecule has 7 heteroatoms. The molecular weight excluding hydrogens is 324 g/mol. The third-order valence-corrected chi connectivity index (χ3v) is 3.87. The molecule has 1 unspecified atom stereocenters. The minimum Gasteiger partial charge on any atom is -0.479 e. The summed E-state index contributed by atoms with van der Waals surface area (Å²) in [7, 11) is 0. The fourth-order valence-electron chi connectivity index (χ4n) is 2.67. The zero-order valence-corrected chi connectivity index (χ0v) is 13.0. The maximum Gasteiger partial charge on any atom is 0.330 e. The van der Waals surface area contributed by atoms with Gasteiger partial charge in [-0.3, -0.25) is 19.3 Å². The zero-order chi connectivity index (χ0) is 18.0. The van der Waals surface area contributed by atoms with Gasteiger partial charge in [0.1, 0.15) is 6.54 Å².